The zero-order chi connectivity index (χ0) is 11.5. The molecule has 5 nitrogen and oxygen atoms in total. The summed E-state index contributed by atoms with van der Waals surface area (Å²) in [6.07, 6.45) is 5.86. The molecule has 0 aliphatic heterocycles. The maximum Gasteiger partial charge on any atom is 0.0729 e. The Kier molecular flexibility index (Phi) is 4.57. The third-order valence-corrected chi connectivity index (χ3v) is 2.56. The van der Waals surface area contributed by atoms with Crippen LogP contribution < -0.4 is 5.32 Å². The van der Waals surface area contributed by atoms with Gasteiger partial charge in [0.15, 0.2) is 0 Å². The predicted octanol–water partition coefficient (Wildman–Crippen LogP) is 1.98. The van der Waals surface area contributed by atoms with Crippen molar-refractivity contribution < 1.29 is 0 Å². The monoisotopic (exact) mass is 255 g/mol. The first-order valence-electron chi connectivity index (χ1n) is 5.44. The van der Waals surface area contributed by atoms with Crippen molar-refractivity contribution in [1.82, 2.24) is 19.6 Å². The van der Waals surface area contributed by atoms with E-state index in [1.807, 2.05) is 31.0 Å². The molecule has 2 rings (SSSR count). The summed E-state index contributed by atoms with van der Waals surface area (Å²) >= 11 is 0. The van der Waals surface area contributed by atoms with Crippen LogP contribution in [0.3, 0.4) is 0 Å². The lowest BCUT2D eigenvalue weighted by atomic mass is 10.2. The van der Waals surface area contributed by atoms with E-state index in [0.29, 0.717) is 0 Å². The van der Waals surface area contributed by atoms with Gasteiger partial charge in [-0.3, -0.25) is 9.36 Å². The lowest BCUT2D eigenvalue weighted by Gasteiger charge is -2.00. The van der Waals surface area contributed by atoms with E-state index >= 15 is 0 Å². The van der Waals surface area contributed by atoms with Crippen LogP contribution in [0.4, 0.5) is 5.69 Å². The summed E-state index contributed by atoms with van der Waals surface area (Å²) in [7, 11) is 1.91. The van der Waals surface area contributed by atoms with Crippen LogP contribution in [0.15, 0.2) is 18.6 Å². The van der Waals surface area contributed by atoms with Gasteiger partial charge in [-0.1, -0.05) is 0 Å². The maximum atomic E-state index is 4.40. The molecule has 2 heterocycles. The van der Waals surface area contributed by atoms with Crippen molar-refractivity contribution >= 4 is 18.1 Å². The minimum absolute atomic E-state index is 0. The van der Waals surface area contributed by atoms with Crippen LogP contribution in [0.5, 0.6) is 0 Å². The van der Waals surface area contributed by atoms with Gasteiger partial charge in [0.25, 0.3) is 0 Å². The quantitative estimate of drug-likeness (QED) is 0.909. The van der Waals surface area contributed by atoms with E-state index in [0.717, 1.165) is 24.5 Å². The molecule has 0 amide bonds. The molecular weight excluding hydrogens is 238 g/mol. The molecular formula is C11H18ClN5. The first kappa shape index (κ1) is 13.6. The molecule has 0 unspecified atom stereocenters. The molecule has 0 aliphatic rings. The normalized spacial score (nSPS) is 10.1. The summed E-state index contributed by atoms with van der Waals surface area (Å²) in [6, 6.07) is 0. The first-order chi connectivity index (χ1) is 7.69. The zero-order valence-electron chi connectivity index (χ0n) is 10.3. The highest BCUT2D eigenvalue weighted by molar-refractivity contribution is 5.85. The Balaban J connectivity index is 0.00000144. The minimum Gasteiger partial charge on any atom is -0.378 e. The van der Waals surface area contributed by atoms with Crippen molar-refractivity contribution in [2.75, 3.05) is 5.32 Å². The predicted molar refractivity (Wildman–Crippen MR) is 70.4 cm³/mol. The highest BCUT2D eigenvalue weighted by atomic mass is 35.5. The SMILES string of the molecule is CCn1cc(CNc2cnn(C)c2)c(C)n1.Cl. The molecule has 17 heavy (non-hydrogen) atoms. The summed E-state index contributed by atoms with van der Waals surface area (Å²) in [5, 5.41) is 11.8. The van der Waals surface area contributed by atoms with E-state index in [-0.39, 0.29) is 12.4 Å². The largest absolute Gasteiger partial charge is 0.378 e. The lowest BCUT2D eigenvalue weighted by Crippen LogP contribution is -1.98. The van der Waals surface area contributed by atoms with Gasteiger partial charge in [0, 0.05) is 38.1 Å². The van der Waals surface area contributed by atoms with Crippen LogP contribution in [0, 0.1) is 6.92 Å². The number of hydrogen-bond acceptors (Lipinski definition) is 3. The summed E-state index contributed by atoms with van der Waals surface area (Å²) in [6.45, 7) is 5.82. The first-order valence-corrected chi connectivity index (χ1v) is 5.44. The highest BCUT2D eigenvalue weighted by Crippen LogP contribution is 2.10. The Morgan fingerprint density at radius 1 is 1.35 bits per heavy atom. The summed E-state index contributed by atoms with van der Waals surface area (Å²) in [5.74, 6) is 0. The number of hydrogen-bond donors (Lipinski definition) is 1. The van der Waals surface area contributed by atoms with E-state index < -0.39 is 0 Å². The number of nitrogens with zero attached hydrogens (tertiary/aromatic N) is 4. The van der Waals surface area contributed by atoms with Crippen molar-refractivity contribution in [3.05, 3.63) is 29.8 Å². The van der Waals surface area contributed by atoms with E-state index in [4.69, 9.17) is 0 Å². The number of rotatable bonds is 4. The molecule has 0 aliphatic carbocycles. The number of aromatic nitrogens is 4. The van der Waals surface area contributed by atoms with Crippen molar-refractivity contribution in [2.24, 2.45) is 7.05 Å². The second-order valence-electron chi connectivity index (χ2n) is 3.85. The molecule has 2 aromatic rings. The topological polar surface area (TPSA) is 47.7 Å². The van der Waals surface area contributed by atoms with Crippen LogP contribution in [0.1, 0.15) is 18.2 Å². The molecule has 94 valence electrons. The van der Waals surface area contributed by atoms with E-state index in [9.17, 15) is 0 Å². The number of nitrogens with one attached hydrogen (secondary N) is 1. The van der Waals surface area contributed by atoms with Gasteiger partial charge in [0.1, 0.15) is 0 Å². The lowest BCUT2D eigenvalue weighted by molar-refractivity contribution is 0.653. The van der Waals surface area contributed by atoms with E-state index in [1.165, 1.54) is 5.56 Å². The molecule has 0 saturated carbocycles. The van der Waals surface area contributed by atoms with Gasteiger partial charge in [-0.05, 0) is 13.8 Å². The van der Waals surface area contributed by atoms with Crippen molar-refractivity contribution in [3.8, 4) is 0 Å². The average Bonchev–Trinajstić information content (AvgIpc) is 2.82. The van der Waals surface area contributed by atoms with Crippen LogP contribution in [-0.2, 0) is 20.1 Å². The Bertz CT molecular complexity index is 474. The molecule has 0 aromatic carbocycles. The molecule has 0 radical (unpaired) electrons. The van der Waals surface area contributed by atoms with Crippen LogP contribution >= 0.6 is 12.4 Å². The Hall–Kier alpha value is -1.49. The molecule has 0 atom stereocenters. The van der Waals surface area contributed by atoms with Gasteiger partial charge >= 0.3 is 0 Å². The second kappa shape index (κ2) is 5.72. The summed E-state index contributed by atoms with van der Waals surface area (Å²) in [5.41, 5.74) is 3.34. The van der Waals surface area contributed by atoms with Crippen LogP contribution in [0.25, 0.3) is 0 Å². The Morgan fingerprint density at radius 3 is 2.65 bits per heavy atom. The van der Waals surface area contributed by atoms with E-state index in [2.05, 4.69) is 28.6 Å². The van der Waals surface area contributed by atoms with Crippen molar-refractivity contribution in [2.45, 2.75) is 26.9 Å². The summed E-state index contributed by atoms with van der Waals surface area (Å²) < 4.78 is 3.74. The summed E-state index contributed by atoms with van der Waals surface area (Å²) in [4.78, 5) is 0. The van der Waals surface area contributed by atoms with Gasteiger partial charge in [0.2, 0.25) is 0 Å². The average molecular weight is 256 g/mol. The third-order valence-electron chi connectivity index (χ3n) is 2.56. The van der Waals surface area contributed by atoms with Crippen LogP contribution in [0.2, 0.25) is 0 Å². The van der Waals surface area contributed by atoms with Crippen LogP contribution in [-0.4, -0.2) is 19.6 Å². The number of anilines is 1. The molecule has 2 aromatic heterocycles. The fourth-order valence-corrected chi connectivity index (χ4v) is 1.60. The molecule has 1 N–H and O–H groups in total. The van der Waals surface area contributed by atoms with Gasteiger partial charge in [-0.2, -0.15) is 10.2 Å². The van der Waals surface area contributed by atoms with Crippen molar-refractivity contribution in [3.63, 3.8) is 0 Å². The van der Waals surface area contributed by atoms with Gasteiger partial charge in [-0.25, -0.2) is 0 Å². The molecule has 0 spiro atoms. The maximum absolute atomic E-state index is 4.40. The number of halogens is 1. The third kappa shape index (κ3) is 3.23. The molecule has 0 fully saturated rings. The Morgan fingerprint density at radius 2 is 2.12 bits per heavy atom. The zero-order valence-corrected chi connectivity index (χ0v) is 11.2. The van der Waals surface area contributed by atoms with Gasteiger partial charge in [0.05, 0.1) is 17.6 Å². The molecule has 0 bridgehead atoms. The fraction of sp³-hybridized carbons (Fsp3) is 0.455. The van der Waals surface area contributed by atoms with Gasteiger partial charge < -0.3 is 5.32 Å². The number of aryl methyl sites for hydroxylation is 3. The Labute approximate surface area is 107 Å². The molecule has 0 saturated heterocycles. The minimum atomic E-state index is 0. The molecule has 6 heteroatoms. The van der Waals surface area contributed by atoms with Crippen molar-refractivity contribution in [1.29, 1.82) is 0 Å². The smallest absolute Gasteiger partial charge is 0.0729 e. The standard InChI is InChI=1S/C11H17N5.ClH/c1-4-16-7-10(9(2)14-16)5-12-11-6-13-15(3)8-11;/h6-8,12H,4-5H2,1-3H3;1H. The second-order valence-corrected chi connectivity index (χ2v) is 3.85. The highest BCUT2D eigenvalue weighted by Gasteiger charge is 2.04. The van der Waals surface area contributed by atoms with E-state index in [1.54, 1.807) is 4.68 Å². The fourth-order valence-electron chi connectivity index (χ4n) is 1.60. The van der Waals surface area contributed by atoms with Gasteiger partial charge in [-0.15, -0.1) is 12.4 Å².